The van der Waals surface area contributed by atoms with Gasteiger partial charge in [-0.2, -0.15) is 0 Å². The van der Waals surface area contributed by atoms with E-state index < -0.39 is 5.97 Å². The molecule has 0 aliphatic heterocycles. The molecule has 0 spiro atoms. The molecule has 0 bridgehead atoms. The molecule has 0 aromatic carbocycles. The number of nitrogens with one attached hydrogen (secondary N) is 1. The fraction of sp³-hybridized carbons (Fsp3) is 0.615. The first-order valence-corrected chi connectivity index (χ1v) is 7.46. The van der Waals surface area contributed by atoms with Gasteiger partial charge in [0, 0.05) is 19.0 Å². The zero-order valence-electron chi connectivity index (χ0n) is 11.8. The van der Waals surface area contributed by atoms with Gasteiger partial charge in [0.15, 0.2) is 5.69 Å². The maximum atomic E-state index is 12.0. The molecular formula is C13H19N3O3S. The molecule has 2 rings (SSSR count). The number of carboxylic acid groups (broad SMARTS) is 1. The number of rotatable bonds is 5. The van der Waals surface area contributed by atoms with Crippen LogP contribution in [0.25, 0.3) is 0 Å². The number of hydrogen-bond donors (Lipinski definition) is 2. The molecule has 20 heavy (non-hydrogen) atoms. The Morgan fingerprint density at radius 1 is 1.65 bits per heavy atom. The second-order valence-electron chi connectivity index (χ2n) is 5.40. The molecule has 1 saturated carbocycles. The Balaban J connectivity index is 1.87. The highest BCUT2D eigenvalue weighted by Gasteiger charge is 2.34. The van der Waals surface area contributed by atoms with Gasteiger partial charge in [-0.05, 0) is 25.2 Å². The number of hydrogen-bond acceptors (Lipinski definition) is 4. The Bertz CT molecular complexity index is 517. The summed E-state index contributed by atoms with van der Waals surface area (Å²) in [5, 5.41) is 13.8. The zero-order valence-corrected chi connectivity index (χ0v) is 12.6. The number of carbonyl (C=O) groups is 2. The number of amides is 2. The van der Waals surface area contributed by atoms with Gasteiger partial charge in [-0.3, -0.25) is 0 Å². The van der Waals surface area contributed by atoms with Crippen molar-refractivity contribution in [2.75, 3.05) is 13.6 Å². The summed E-state index contributed by atoms with van der Waals surface area (Å²) in [6, 6.07) is -0.441. The summed E-state index contributed by atoms with van der Waals surface area (Å²) in [6.07, 6.45) is 1.18. The summed E-state index contributed by atoms with van der Waals surface area (Å²) in [7, 11) is 1.78. The summed E-state index contributed by atoms with van der Waals surface area (Å²) in [5.41, 5.74) is 0.0197. The van der Waals surface area contributed by atoms with E-state index in [9.17, 15) is 9.59 Å². The number of thiazole rings is 1. The van der Waals surface area contributed by atoms with Gasteiger partial charge in [0.25, 0.3) is 0 Å². The number of aromatic carboxylic acids is 1. The number of nitrogens with zero attached hydrogens (tertiary/aromatic N) is 2. The first kappa shape index (κ1) is 14.8. The van der Waals surface area contributed by atoms with Crippen molar-refractivity contribution in [1.29, 1.82) is 0 Å². The van der Waals surface area contributed by atoms with Crippen molar-refractivity contribution in [3.05, 3.63) is 16.1 Å². The van der Waals surface area contributed by atoms with E-state index in [4.69, 9.17) is 5.11 Å². The standard InChI is InChI=1S/C13H19N3O3S/c1-7-4-9(7)5-16(3)13(19)14-8(2)11-15-10(6-20-11)12(17)18/h6-9H,4-5H2,1-3H3,(H,14,19)(H,17,18). The number of aromatic nitrogens is 1. The Labute approximate surface area is 121 Å². The smallest absolute Gasteiger partial charge is 0.355 e. The highest BCUT2D eigenvalue weighted by Crippen LogP contribution is 2.37. The van der Waals surface area contributed by atoms with Crippen LogP contribution in [0.2, 0.25) is 0 Å². The van der Waals surface area contributed by atoms with Crippen LogP contribution in [0.1, 0.15) is 41.8 Å². The van der Waals surface area contributed by atoms with E-state index in [-0.39, 0.29) is 17.8 Å². The van der Waals surface area contributed by atoms with E-state index in [1.807, 2.05) is 0 Å². The normalized spacial score (nSPS) is 22.1. The molecule has 3 atom stereocenters. The maximum absolute atomic E-state index is 12.0. The van der Waals surface area contributed by atoms with Gasteiger partial charge in [-0.25, -0.2) is 14.6 Å². The van der Waals surface area contributed by atoms with Gasteiger partial charge in [-0.15, -0.1) is 11.3 Å². The van der Waals surface area contributed by atoms with Crippen molar-refractivity contribution in [3.8, 4) is 0 Å². The minimum atomic E-state index is -1.05. The molecule has 1 aliphatic rings. The quantitative estimate of drug-likeness (QED) is 0.873. The van der Waals surface area contributed by atoms with E-state index >= 15 is 0 Å². The summed E-state index contributed by atoms with van der Waals surface area (Å²) in [5.74, 6) is 0.269. The summed E-state index contributed by atoms with van der Waals surface area (Å²) >= 11 is 1.24. The molecular weight excluding hydrogens is 278 g/mol. The molecule has 6 nitrogen and oxygen atoms in total. The second-order valence-corrected chi connectivity index (χ2v) is 6.29. The lowest BCUT2D eigenvalue weighted by atomic mass is 10.3. The van der Waals surface area contributed by atoms with Crippen molar-refractivity contribution in [3.63, 3.8) is 0 Å². The van der Waals surface area contributed by atoms with Crippen molar-refractivity contribution in [2.24, 2.45) is 11.8 Å². The lowest BCUT2D eigenvalue weighted by Gasteiger charge is -2.20. The fourth-order valence-corrected chi connectivity index (χ4v) is 2.83. The van der Waals surface area contributed by atoms with Crippen LogP contribution in [0.15, 0.2) is 5.38 Å². The van der Waals surface area contributed by atoms with Crippen molar-refractivity contribution >= 4 is 23.3 Å². The Hall–Kier alpha value is -1.63. The topological polar surface area (TPSA) is 82.5 Å². The first-order valence-electron chi connectivity index (χ1n) is 6.58. The number of urea groups is 1. The van der Waals surface area contributed by atoms with E-state index in [1.165, 1.54) is 23.1 Å². The predicted molar refractivity (Wildman–Crippen MR) is 75.9 cm³/mol. The Morgan fingerprint density at radius 3 is 2.80 bits per heavy atom. The summed E-state index contributed by atoms with van der Waals surface area (Å²) < 4.78 is 0. The van der Waals surface area contributed by atoms with Crippen molar-refractivity contribution in [1.82, 2.24) is 15.2 Å². The van der Waals surface area contributed by atoms with Gasteiger partial charge in [0.2, 0.25) is 0 Å². The van der Waals surface area contributed by atoms with Crippen LogP contribution < -0.4 is 5.32 Å². The second kappa shape index (κ2) is 5.78. The predicted octanol–water partition coefficient (Wildman–Crippen LogP) is 2.20. The molecule has 2 amide bonds. The summed E-state index contributed by atoms with van der Waals surface area (Å²) in [6.45, 7) is 4.75. The van der Waals surface area contributed by atoms with Gasteiger partial charge in [0.1, 0.15) is 5.01 Å². The highest BCUT2D eigenvalue weighted by molar-refractivity contribution is 7.09. The van der Waals surface area contributed by atoms with E-state index in [0.717, 1.165) is 6.54 Å². The molecule has 2 N–H and O–H groups in total. The van der Waals surface area contributed by atoms with Crippen LogP contribution in [0.5, 0.6) is 0 Å². The Kier molecular flexibility index (Phi) is 4.27. The van der Waals surface area contributed by atoms with Gasteiger partial charge in [0.05, 0.1) is 6.04 Å². The average molecular weight is 297 g/mol. The third-order valence-corrected chi connectivity index (χ3v) is 4.61. The third-order valence-electron chi connectivity index (χ3n) is 3.58. The van der Waals surface area contributed by atoms with E-state index in [0.29, 0.717) is 16.8 Å². The Morgan fingerprint density at radius 2 is 2.30 bits per heavy atom. The molecule has 0 radical (unpaired) electrons. The van der Waals surface area contributed by atoms with Crippen LogP contribution in [0.4, 0.5) is 4.79 Å². The van der Waals surface area contributed by atoms with Gasteiger partial charge < -0.3 is 15.3 Å². The molecule has 1 aliphatic carbocycles. The zero-order chi connectivity index (χ0) is 14.9. The monoisotopic (exact) mass is 297 g/mol. The van der Waals surface area contributed by atoms with Crippen molar-refractivity contribution in [2.45, 2.75) is 26.3 Å². The average Bonchev–Trinajstić information content (AvgIpc) is 2.90. The van der Waals surface area contributed by atoms with E-state index in [1.54, 1.807) is 18.9 Å². The molecule has 1 aromatic heterocycles. The van der Waals surface area contributed by atoms with Crippen LogP contribution >= 0.6 is 11.3 Å². The first-order chi connectivity index (χ1) is 9.38. The van der Waals surface area contributed by atoms with Crippen LogP contribution in [0.3, 0.4) is 0 Å². The van der Waals surface area contributed by atoms with E-state index in [2.05, 4.69) is 17.2 Å². The molecule has 1 fully saturated rings. The maximum Gasteiger partial charge on any atom is 0.355 e. The molecule has 3 unspecified atom stereocenters. The third kappa shape index (κ3) is 3.47. The molecule has 1 aromatic rings. The molecule has 0 saturated heterocycles. The minimum absolute atomic E-state index is 0.0197. The molecule has 1 heterocycles. The fourth-order valence-electron chi connectivity index (χ4n) is 2.03. The lowest BCUT2D eigenvalue weighted by molar-refractivity contribution is 0.0691. The van der Waals surface area contributed by atoms with Crippen LogP contribution in [-0.4, -0.2) is 40.6 Å². The minimum Gasteiger partial charge on any atom is -0.476 e. The lowest BCUT2D eigenvalue weighted by Crippen LogP contribution is -2.39. The van der Waals surface area contributed by atoms with Crippen LogP contribution in [-0.2, 0) is 0 Å². The van der Waals surface area contributed by atoms with Crippen molar-refractivity contribution < 1.29 is 14.7 Å². The number of carbonyl (C=O) groups excluding carboxylic acids is 1. The largest absolute Gasteiger partial charge is 0.476 e. The molecule has 110 valence electrons. The highest BCUT2D eigenvalue weighted by atomic mass is 32.1. The molecule has 7 heteroatoms. The van der Waals surface area contributed by atoms with Crippen LogP contribution in [0, 0.1) is 11.8 Å². The van der Waals surface area contributed by atoms with Gasteiger partial charge in [-0.1, -0.05) is 6.92 Å². The summed E-state index contributed by atoms with van der Waals surface area (Å²) in [4.78, 5) is 28.5. The SMILES string of the molecule is CC(NC(=O)N(C)CC1CC1C)c1nc(C(=O)O)cs1. The number of carboxylic acids is 1. The van der Waals surface area contributed by atoms with Gasteiger partial charge >= 0.3 is 12.0 Å².